The summed E-state index contributed by atoms with van der Waals surface area (Å²) in [6.45, 7) is 1.47. The van der Waals surface area contributed by atoms with Crippen LogP contribution in [0.2, 0.25) is 0 Å². The van der Waals surface area contributed by atoms with Gasteiger partial charge in [-0.05, 0) is 42.8 Å². The van der Waals surface area contributed by atoms with Gasteiger partial charge in [-0.15, -0.1) is 0 Å². The molecule has 0 atom stereocenters. The van der Waals surface area contributed by atoms with Crippen molar-refractivity contribution in [2.24, 2.45) is 0 Å². The van der Waals surface area contributed by atoms with Gasteiger partial charge in [0.15, 0.2) is 0 Å². The molecule has 5 heteroatoms. The zero-order valence-corrected chi connectivity index (χ0v) is 15.7. The molecule has 1 aromatic heterocycles. The number of carbonyl (C=O) groups is 3. The van der Waals surface area contributed by atoms with E-state index in [1.54, 1.807) is 30.3 Å². The largest absolute Gasteiger partial charge is 0.300 e. The Hall–Kier alpha value is -3.86. The summed E-state index contributed by atoms with van der Waals surface area (Å²) in [6.07, 6.45) is 0.0483. The number of rotatable bonds is 3. The number of nitrogens with zero attached hydrogens (tertiary/aromatic N) is 2. The lowest BCUT2D eigenvalue weighted by molar-refractivity contribution is -0.116. The van der Waals surface area contributed by atoms with Crippen LogP contribution in [0.4, 0.5) is 5.69 Å². The molecule has 0 radical (unpaired) electrons. The summed E-state index contributed by atoms with van der Waals surface area (Å²) in [7, 11) is 0. The number of pyridine rings is 1. The van der Waals surface area contributed by atoms with Crippen molar-refractivity contribution < 1.29 is 14.4 Å². The molecule has 0 unspecified atom stereocenters. The van der Waals surface area contributed by atoms with E-state index < -0.39 is 5.91 Å². The van der Waals surface area contributed by atoms with Crippen molar-refractivity contribution in [3.05, 3.63) is 83.4 Å². The molecular formula is C24H16N2O3. The van der Waals surface area contributed by atoms with Gasteiger partial charge in [-0.25, -0.2) is 9.88 Å². The summed E-state index contributed by atoms with van der Waals surface area (Å²) >= 11 is 0. The van der Waals surface area contributed by atoms with E-state index in [0.29, 0.717) is 22.3 Å². The van der Waals surface area contributed by atoms with Gasteiger partial charge in [-0.1, -0.05) is 36.4 Å². The van der Waals surface area contributed by atoms with Crippen molar-refractivity contribution in [2.45, 2.75) is 13.3 Å². The van der Waals surface area contributed by atoms with Crippen LogP contribution in [-0.4, -0.2) is 22.6 Å². The minimum absolute atomic E-state index is 0.0483. The van der Waals surface area contributed by atoms with E-state index >= 15 is 0 Å². The Labute approximate surface area is 166 Å². The summed E-state index contributed by atoms with van der Waals surface area (Å²) < 4.78 is 0. The highest BCUT2D eigenvalue weighted by atomic mass is 16.2. The fraction of sp³-hybridized carbons (Fsp3) is 0.0833. The average Bonchev–Trinajstić information content (AvgIpc) is 2.97. The van der Waals surface area contributed by atoms with Gasteiger partial charge in [0.1, 0.15) is 5.78 Å². The third-order valence-corrected chi connectivity index (χ3v) is 5.20. The smallest absolute Gasteiger partial charge is 0.266 e. The highest BCUT2D eigenvalue weighted by Crippen LogP contribution is 2.35. The van der Waals surface area contributed by atoms with Gasteiger partial charge in [0.05, 0.1) is 27.8 Å². The maximum atomic E-state index is 13.3. The van der Waals surface area contributed by atoms with E-state index in [1.807, 2.05) is 36.4 Å². The first-order valence-electron chi connectivity index (χ1n) is 9.33. The number of amides is 2. The molecule has 0 fully saturated rings. The minimum atomic E-state index is -0.413. The van der Waals surface area contributed by atoms with Crippen LogP contribution in [0.15, 0.2) is 66.7 Å². The standard InChI is InChI=1S/C24H16N2O3/c1-14(27)11-18-21-19(23(28)26(24(21)29)17-8-3-2-4-9-17)13-16-12-15-7-5-6-10-20(15)25-22(16)18/h2-10,12-13H,11H2,1H3. The van der Waals surface area contributed by atoms with Crippen LogP contribution in [0.3, 0.4) is 0 Å². The average molecular weight is 380 g/mol. The molecule has 29 heavy (non-hydrogen) atoms. The number of Topliss-reactive ketones (excluding diaryl/α,β-unsaturated/α-hetero) is 1. The maximum Gasteiger partial charge on any atom is 0.266 e. The van der Waals surface area contributed by atoms with Crippen LogP contribution >= 0.6 is 0 Å². The molecular weight excluding hydrogens is 364 g/mol. The SMILES string of the molecule is CC(=O)Cc1c2c(cc3cc4ccccc4nc13)C(=O)N(c1ccccc1)C2=O. The fourth-order valence-electron chi connectivity index (χ4n) is 3.96. The molecule has 140 valence electrons. The van der Waals surface area contributed by atoms with E-state index in [9.17, 15) is 14.4 Å². The lowest BCUT2D eigenvalue weighted by Crippen LogP contribution is -2.29. The molecule has 0 spiro atoms. The third-order valence-electron chi connectivity index (χ3n) is 5.20. The number of anilines is 1. The lowest BCUT2D eigenvalue weighted by atomic mass is 9.94. The monoisotopic (exact) mass is 380 g/mol. The van der Waals surface area contributed by atoms with Gasteiger partial charge >= 0.3 is 0 Å². The minimum Gasteiger partial charge on any atom is -0.300 e. The lowest BCUT2D eigenvalue weighted by Gasteiger charge is -2.13. The first-order chi connectivity index (χ1) is 14.0. The number of hydrogen-bond donors (Lipinski definition) is 0. The van der Waals surface area contributed by atoms with Crippen molar-refractivity contribution in [1.82, 2.24) is 4.98 Å². The van der Waals surface area contributed by atoms with Crippen LogP contribution in [0, 0.1) is 0 Å². The number of ketones is 1. The Kier molecular flexibility index (Phi) is 3.77. The predicted molar refractivity (Wildman–Crippen MR) is 111 cm³/mol. The molecule has 4 aromatic rings. The van der Waals surface area contributed by atoms with E-state index in [1.165, 1.54) is 11.8 Å². The quantitative estimate of drug-likeness (QED) is 0.392. The summed E-state index contributed by atoms with van der Waals surface area (Å²) in [5, 5.41) is 1.68. The van der Waals surface area contributed by atoms with E-state index in [4.69, 9.17) is 4.98 Å². The fourth-order valence-corrected chi connectivity index (χ4v) is 3.96. The van der Waals surface area contributed by atoms with Gasteiger partial charge in [-0.2, -0.15) is 0 Å². The van der Waals surface area contributed by atoms with Gasteiger partial charge in [0.2, 0.25) is 0 Å². The maximum absolute atomic E-state index is 13.3. The van der Waals surface area contributed by atoms with Crippen molar-refractivity contribution in [1.29, 1.82) is 0 Å². The molecule has 1 aliphatic heterocycles. The van der Waals surface area contributed by atoms with Gasteiger partial charge in [0.25, 0.3) is 11.8 Å². The number of para-hydroxylation sites is 2. The van der Waals surface area contributed by atoms with E-state index in [-0.39, 0.29) is 23.7 Å². The summed E-state index contributed by atoms with van der Waals surface area (Å²) in [5.41, 5.74) is 3.00. The van der Waals surface area contributed by atoms with Crippen LogP contribution < -0.4 is 4.90 Å². The van der Waals surface area contributed by atoms with Crippen LogP contribution in [0.5, 0.6) is 0 Å². The molecule has 1 aliphatic rings. The molecule has 0 saturated carbocycles. The molecule has 0 aliphatic carbocycles. The highest BCUT2D eigenvalue weighted by molar-refractivity contribution is 6.36. The molecule has 0 N–H and O–H groups in total. The summed E-state index contributed by atoms with van der Waals surface area (Å²) in [6, 6.07) is 20.1. The normalized spacial score (nSPS) is 13.3. The Morgan fingerprint density at radius 1 is 0.897 bits per heavy atom. The van der Waals surface area contributed by atoms with Crippen molar-refractivity contribution >= 4 is 45.1 Å². The second kappa shape index (κ2) is 6.34. The van der Waals surface area contributed by atoms with Crippen LogP contribution in [-0.2, 0) is 11.2 Å². The van der Waals surface area contributed by atoms with Crippen LogP contribution in [0.25, 0.3) is 21.8 Å². The number of imide groups is 1. The van der Waals surface area contributed by atoms with E-state index in [0.717, 1.165) is 16.3 Å². The molecule has 5 nitrogen and oxygen atoms in total. The Morgan fingerprint density at radius 3 is 2.38 bits per heavy atom. The van der Waals surface area contributed by atoms with Gasteiger partial charge in [-0.3, -0.25) is 14.4 Å². The van der Waals surface area contributed by atoms with Crippen molar-refractivity contribution in [3.63, 3.8) is 0 Å². The predicted octanol–water partition coefficient (Wildman–Crippen LogP) is 4.32. The zero-order chi connectivity index (χ0) is 20.1. The Morgan fingerprint density at radius 2 is 1.62 bits per heavy atom. The second-order valence-electron chi connectivity index (χ2n) is 7.19. The Balaban J connectivity index is 1.82. The van der Waals surface area contributed by atoms with E-state index in [2.05, 4.69) is 0 Å². The molecule has 2 heterocycles. The van der Waals surface area contributed by atoms with Gasteiger partial charge in [0, 0.05) is 17.2 Å². The number of aromatic nitrogens is 1. The third kappa shape index (κ3) is 2.63. The zero-order valence-electron chi connectivity index (χ0n) is 15.7. The molecule has 5 rings (SSSR count). The highest BCUT2D eigenvalue weighted by Gasteiger charge is 2.39. The number of benzene rings is 3. The summed E-state index contributed by atoms with van der Waals surface area (Å²) in [5.74, 6) is -0.881. The van der Waals surface area contributed by atoms with Crippen molar-refractivity contribution in [2.75, 3.05) is 4.90 Å². The Bertz CT molecular complexity index is 1340. The number of carbonyl (C=O) groups excluding carboxylic acids is 3. The number of fused-ring (bicyclic) bond motifs is 3. The van der Waals surface area contributed by atoms with Crippen LogP contribution in [0.1, 0.15) is 33.2 Å². The molecule has 0 saturated heterocycles. The van der Waals surface area contributed by atoms with Gasteiger partial charge < -0.3 is 0 Å². The topological polar surface area (TPSA) is 67.3 Å². The molecule has 2 amide bonds. The number of hydrogen-bond acceptors (Lipinski definition) is 4. The first-order valence-corrected chi connectivity index (χ1v) is 9.33. The molecule has 3 aromatic carbocycles. The summed E-state index contributed by atoms with van der Waals surface area (Å²) in [4.78, 5) is 44.4. The first kappa shape index (κ1) is 17.3. The molecule has 0 bridgehead atoms. The van der Waals surface area contributed by atoms with Crippen molar-refractivity contribution in [3.8, 4) is 0 Å². The second-order valence-corrected chi connectivity index (χ2v) is 7.19.